The molecule has 1 aromatic rings. The standard InChI is InChI=1S/C12H16ClNO3/c1-7(2)11(6-15)14-10-4-3-8(12(16)17)5-9(10)13/h3-5,7,11,14-15H,6H2,1-2H3,(H,16,17)/t11-/m1/s1. The summed E-state index contributed by atoms with van der Waals surface area (Å²) in [5, 5.41) is 21.4. The van der Waals surface area contributed by atoms with E-state index in [0.29, 0.717) is 10.7 Å². The van der Waals surface area contributed by atoms with Gasteiger partial charge in [-0.1, -0.05) is 25.4 Å². The fourth-order valence-corrected chi connectivity index (χ4v) is 1.62. The number of aliphatic hydroxyl groups is 1. The van der Waals surface area contributed by atoms with Crippen molar-refractivity contribution in [2.24, 2.45) is 5.92 Å². The van der Waals surface area contributed by atoms with Gasteiger partial charge in [-0.2, -0.15) is 0 Å². The van der Waals surface area contributed by atoms with Gasteiger partial charge in [0, 0.05) is 0 Å². The second kappa shape index (κ2) is 5.89. The molecule has 94 valence electrons. The number of hydrogen-bond donors (Lipinski definition) is 3. The van der Waals surface area contributed by atoms with Crippen LogP contribution in [-0.2, 0) is 0 Å². The van der Waals surface area contributed by atoms with Crippen LogP contribution >= 0.6 is 11.6 Å². The van der Waals surface area contributed by atoms with Crippen molar-refractivity contribution >= 4 is 23.3 Å². The van der Waals surface area contributed by atoms with Crippen LogP contribution in [0.25, 0.3) is 0 Å². The average molecular weight is 258 g/mol. The first-order valence-corrected chi connectivity index (χ1v) is 5.73. The van der Waals surface area contributed by atoms with Crippen LogP contribution in [0, 0.1) is 5.92 Å². The topological polar surface area (TPSA) is 69.6 Å². The van der Waals surface area contributed by atoms with Gasteiger partial charge in [-0.3, -0.25) is 0 Å². The monoisotopic (exact) mass is 257 g/mol. The van der Waals surface area contributed by atoms with E-state index in [9.17, 15) is 9.90 Å². The highest BCUT2D eigenvalue weighted by Crippen LogP contribution is 2.24. The first-order chi connectivity index (χ1) is 7.95. The quantitative estimate of drug-likeness (QED) is 0.758. The average Bonchev–Trinajstić information content (AvgIpc) is 2.26. The molecular formula is C12H16ClNO3. The number of hydrogen-bond acceptors (Lipinski definition) is 3. The molecule has 4 nitrogen and oxygen atoms in total. The van der Waals surface area contributed by atoms with Gasteiger partial charge in [-0.25, -0.2) is 4.79 Å². The fraction of sp³-hybridized carbons (Fsp3) is 0.417. The molecule has 0 aliphatic carbocycles. The zero-order valence-electron chi connectivity index (χ0n) is 9.77. The Bertz CT molecular complexity index is 407. The highest BCUT2D eigenvalue weighted by atomic mass is 35.5. The number of halogens is 1. The number of carboxylic acids is 1. The van der Waals surface area contributed by atoms with E-state index < -0.39 is 5.97 Å². The van der Waals surface area contributed by atoms with E-state index in [-0.39, 0.29) is 24.1 Å². The third kappa shape index (κ3) is 3.61. The molecule has 3 N–H and O–H groups in total. The van der Waals surface area contributed by atoms with Crippen LogP contribution in [0.4, 0.5) is 5.69 Å². The van der Waals surface area contributed by atoms with Gasteiger partial charge < -0.3 is 15.5 Å². The molecule has 0 saturated carbocycles. The molecule has 0 saturated heterocycles. The highest BCUT2D eigenvalue weighted by molar-refractivity contribution is 6.33. The van der Waals surface area contributed by atoms with Gasteiger partial charge in [-0.05, 0) is 24.1 Å². The third-order valence-electron chi connectivity index (χ3n) is 2.56. The summed E-state index contributed by atoms with van der Waals surface area (Å²) in [5.41, 5.74) is 0.773. The van der Waals surface area contributed by atoms with Crippen LogP contribution in [0.15, 0.2) is 18.2 Å². The SMILES string of the molecule is CC(C)[C@@H](CO)Nc1ccc(C(=O)O)cc1Cl. The Balaban J connectivity index is 2.89. The molecule has 1 atom stereocenters. The molecule has 0 unspecified atom stereocenters. The van der Waals surface area contributed by atoms with Gasteiger partial charge in [-0.15, -0.1) is 0 Å². The summed E-state index contributed by atoms with van der Waals surface area (Å²) in [5.74, 6) is -0.767. The molecule has 1 rings (SSSR count). The van der Waals surface area contributed by atoms with Gasteiger partial charge in [0.2, 0.25) is 0 Å². The summed E-state index contributed by atoms with van der Waals surface area (Å²) in [7, 11) is 0. The number of aromatic carboxylic acids is 1. The second-order valence-electron chi connectivity index (χ2n) is 4.18. The Morgan fingerprint density at radius 2 is 2.12 bits per heavy atom. The predicted octanol–water partition coefficient (Wildman–Crippen LogP) is 2.47. The van der Waals surface area contributed by atoms with Gasteiger partial charge in [0.05, 0.1) is 28.9 Å². The van der Waals surface area contributed by atoms with E-state index in [0.717, 1.165) is 0 Å². The van der Waals surface area contributed by atoms with Crippen LogP contribution in [0.1, 0.15) is 24.2 Å². The molecule has 1 aromatic carbocycles. The molecule has 0 aliphatic rings. The van der Waals surface area contributed by atoms with E-state index in [2.05, 4.69) is 5.32 Å². The van der Waals surface area contributed by atoms with Crippen LogP contribution in [0.2, 0.25) is 5.02 Å². The lowest BCUT2D eigenvalue weighted by Gasteiger charge is -2.21. The molecule has 0 bridgehead atoms. The van der Waals surface area contributed by atoms with Crippen molar-refractivity contribution in [3.8, 4) is 0 Å². The summed E-state index contributed by atoms with van der Waals surface area (Å²) in [6.07, 6.45) is 0. The number of carbonyl (C=O) groups is 1. The maximum absolute atomic E-state index is 10.7. The number of aliphatic hydroxyl groups excluding tert-OH is 1. The summed E-state index contributed by atoms with van der Waals surface area (Å²) >= 11 is 5.97. The van der Waals surface area contributed by atoms with Crippen LogP contribution in [0.5, 0.6) is 0 Å². The summed E-state index contributed by atoms with van der Waals surface area (Å²) in [6, 6.07) is 4.37. The Morgan fingerprint density at radius 1 is 1.47 bits per heavy atom. The molecule has 0 aliphatic heterocycles. The van der Waals surface area contributed by atoms with Gasteiger partial charge in [0.15, 0.2) is 0 Å². The van der Waals surface area contributed by atoms with Gasteiger partial charge in [0.25, 0.3) is 0 Å². The molecule has 17 heavy (non-hydrogen) atoms. The van der Waals surface area contributed by atoms with E-state index in [4.69, 9.17) is 16.7 Å². The molecular weight excluding hydrogens is 242 g/mol. The first-order valence-electron chi connectivity index (χ1n) is 5.36. The number of nitrogens with one attached hydrogen (secondary N) is 1. The van der Waals surface area contributed by atoms with Crippen molar-refractivity contribution in [3.63, 3.8) is 0 Å². The summed E-state index contributed by atoms with van der Waals surface area (Å²) in [6.45, 7) is 3.95. The van der Waals surface area contributed by atoms with E-state index >= 15 is 0 Å². The zero-order valence-corrected chi connectivity index (χ0v) is 10.5. The minimum Gasteiger partial charge on any atom is -0.478 e. The number of rotatable bonds is 5. The minimum atomic E-state index is -1.01. The Hall–Kier alpha value is -1.26. The normalized spacial score (nSPS) is 12.5. The minimum absolute atomic E-state index is 0.00528. The molecule has 0 heterocycles. The lowest BCUT2D eigenvalue weighted by atomic mass is 10.0. The lowest BCUT2D eigenvalue weighted by molar-refractivity contribution is 0.0697. The molecule has 0 fully saturated rings. The molecule has 0 spiro atoms. The van der Waals surface area contributed by atoms with Gasteiger partial charge >= 0.3 is 5.97 Å². The largest absolute Gasteiger partial charge is 0.478 e. The van der Waals surface area contributed by atoms with Crippen molar-refractivity contribution in [2.75, 3.05) is 11.9 Å². The molecule has 0 amide bonds. The first kappa shape index (κ1) is 13.8. The van der Waals surface area contributed by atoms with Crippen molar-refractivity contribution in [1.29, 1.82) is 0 Å². The Morgan fingerprint density at radius 3 is 2.53 bits per heavy atom. The fourth-order valence-electron chi connectivity index (χ4n) is 1.39. The number of carboxylic acid groups (broad SMARTS) is 1. The van der Waals surface area contributed by atoms with Crippen LogP contribution in [-0.4, -0.2) is 28.8 Å². The highest BCUT2D eigenvalue weighted by Gasteiger charge is 2.14. The van der Waals surface area contributed by atoms with E-state index in [1.807, 2.05) is 13.8 Å². The van der Waals surface area contributed by atoms with Crippen molar-refractivity contribution in [3.05, 3.63) is 28.8 Å². The third-order valence-corrected chi connectivity index (χ3v) is 2.87. The second-order valence-corrected chi connectivity index (χ2v) is 4.58. The number of anilines is 1. The van der Waals surface area contributed by atoms with Gasteiger partial charge in [0.1, 0.15) is 0 Å². The maximum atomic E-state index is 10.7. The molecule has 0 aromatic heterocycles. The number of benzene rings is 1. The van der Waals surface area contributed by atoms with Crippen molar-refractivity contribution in [1.82, 2.24) is 0 Å². The van der Waals surface area contributed by atoms with E-state index in [1.54, 1.807) is 6.07 Å². The molecule has 5 heteroatoms. The van der Waals surface area contributed by atoms with Crippen LogP contribution < -0.4 is 5.32 Å². The van der Waals surface area contributed by atoms with Crippen LogP contribution in [0.3, 0.4) is 0 Å². The molecule has 0 radical (unpaired) electrons. The smallest absolute Gasteiger partial charge is 0.335 e. The summed E-state index contributed by atoms with van der Waals surface area (Å²) < 4.78 is 0. The van der Waals surface area contributed by atoms with E-state index in [1.165, 1.54) is 12.1 Å². The summed E-state index contributed by atoms with van der Waals surface area (Å²) in [4.78, 5) is 10.7. The zero-order chi connectivity index (χ0) is 13.0. The van der Waals surface area contributed by atoms with Crippen molar-refractivity contribution < 1.29 is 15.0 Å². The Labute approximate surface area is 105 Å². The van der Waals surface area contributed by atoms with Crippen molar-refractivity contribution in [2.45, 2.75) is 19.9 Å². The maximum Gasteiger partial charge on any atom is 0.335 e. The lowest BCUT2D eigenvalue weighted by Crippen LogP contribution is -2.29. The predicted molar refractivity (Wildman–Crippen MR) is 67.7 cm³/mol. The Kier molecular flexibility index (Phi) is 4.78.